The molecule has 288 valence electrons. The van der Waals surface area contributed by atoms with Crippen LogP contribution in [-0.2, 0) is 6.18 Å². The van der Waals surface area contributed by atoms with Crippen LogP contribution in [0, 0.1) is 0 Å². The molecule has 0 aliphatic heterocycles. The number of benzene rings is 9. The predicted octanol–water partition coefficient (Wildman–Crippen LogP) is 15.9. The van der Waals surface area contributed by atoms with Crippen LogP contribution in [0.1, 0.15) is 5.56 Å². The van der Waals surface area contributed by atoms with Gasteiger partial charge in [0.2, 0.25) is 0 Å². The molecule has 0 fully saturated rings. The van der Waals surface area contributed by atoms with E-state index >= 15 is 0 Å². The second kappa shape index (κ2) is 15.3. The lowest BCUT2D eigenvalue weighted by Gasteiger charge is -2.26. The van der Waals surface area contributed by atoms with Crippen LogP contribution < -0.4 is 4.90 Å². The van der Waals surface area contributed by atoms with E-state index in [0.29, 0.717) is 0 Å². The van der Waals surface area contributed by atoms with Crippen molar-refractivity contribution in [1.82, 2.24) is 4.57 Å². The van der Waals surface area contributed by atoms with Gasteiger partial charge in [-0.15, -0.1) is 0 Å². The summed E-state index contributed by atoms with van der Waals surface area (Å²) in [4.78, 5) is 2.20. The molecule has 0 radical (unpaired) electrons. The van der Waals surface area contributed by atoms with E-state index in [0.717, 1.165) is 73.8 Å². The van der Waals surface area contributed by atoms with Crippen LogP contribution >= 0.6 is 0 Å². The summed E-state index contributed by atoms with van der Waals surface area (Å²) in [7, 11) is 0. The standard InChI is InChI=1S/C55H37F3N2/c56-55(57,58)46-27-17-39(18-28-46)40-19-29-47(30-20-40)59(49-33-25-43(26-34-49)45-12-8-11-44(37-45)38-9-2-1-3-10-38)48-31-21-41(22-32-48)42-23-35-50(36-24-42)60-53-15-6-4-13-51(53)52-14-5-7-16-54(52)60/h1-37H. The average molecular weight is 783 g/mol. The van der Waals surface area contributed by atoms with Crippen LogP contribution in [0.5, 0.6) is 0 Å². The van der Waals surface area contributed by atoms with Gasteiger partial charge in [-0.1, -0.05) is 146 Å². The van der Waals surface area contributed by atoms with Crippen LogP contribution in [-0.4, -0.2) is 4.57 Å². The number of anilines is 3. The van der Waals surface area contributed by atoms with Crippen LogP contribution in [0.4, 0.5) is 30.2 Å². The number of fused-ring (bicyclic) bond motifs is 3. The Morgan fingerprint density at radius 3 is 1.12 bits per heavy atom. The molecule has 1 aromatic heterocycles. The number of alkyl halides is 3. The van der Waals surface area contributed by atoms with Crippen molar-refractivity contribution in [3.63, 3.8) is 0 Å². The highest BCUT2D eigenvalue weighted by Gasteiger charge is 2.30. The molecule has 5 heteroatoms. The zero-order valence-electron chi connectivity index (χ0n) is 32.4. The molecule has 2 nitrogen and oxygen atoms in total. The maximum atomic E-state index is 13.3. The summed E-state index contributed by atoms with van der Waals surface area (Å²) in [5.74, 6) is 0. The third-order valence-electron chi connectivity index (χ3n) is 11.3. The minimum atomic E-state index is -4.38. The maximum Gasteiger partial charge on any atom is 0.416 e. The monoisotopic (exact) mass is 782 g/mol. The lowest BCUT2D eigenvalue weighted by atomic mass is 9.98. The molecule has 0 bridgehead atoms. The summed E-state index contributed by atoms with van der Waals surface area (Å²) >= 11 is 0. The fraction of sp³-hybridized carbons (Fsp3) is 0.0182. The van der Waals surface area contributed by atoms with E-state index in [1.165, 1.54) is 39.5 Å². The lowest BCUT2D eigenvalue weighted by Crippen LogP contribution is -2.09. The Bertz CT molecular complexity index is 3020. The summed E-state index contributed by atoms with van der Waals surface area (Å²) in [5.41, 5.74) is 14.0. The molecule has 0 amide bonds. The van der Waals surface area contributed by atoms with Crippen molar-refractivity contribution < 1.29 is 13.2 Å². The molecular weight excluding hydrogens is 746 g/mol. The van der Waals surface area contributed by atoms with Crippen molar-refractivity contribution in [3.8, 4) is 50.2 Å². The molecule has 1 heterocycles. The summed E-state index contributed by atoms with van der Waals surface area (Å²) in [5, 5.41) is 2.47. The molecule has 10 rings (SSSR count). The molecule has 0 aliphatic rings. The molecule has 0 saturated heterocycles. The van der Waals surface area contributed by atoms with Gasteiger partial charge in [0.25, 0.3) is 0 Å². The zero-order chi connectivity index (χ0) is 40.6. The number of hydrogen-bond donors (Lipinski definition) is 0. The molecule has 0 aliphatic carbocycles. The third-order valence-corrected chi connectivity index (χ3v) is 11.3. The van der Waals surface area contributed by atoms with Crippen LogP contribution in [0.25, 0.3) is 72.0 Å². The number of aromatic nitrogens is 1. The van der Waals surface area contributed by atoms with Crippen molar-refractivity contribution in [2.45, 2.75) is 6.18 Å². The Balaban J connectivity index is 0.977. The first-order valence-corrected chi connectivity index (χ1v) is 19.9. The molecule has 60 heavy (non-hydrogen) atoms. The first-order valence-electron chi connectivity index (χ1n) is 19.9. The largest absolute Gasteiger partial charge is 0.416 e. The van der Waals surface area contributed by atoms with Gasteiger partial charge in [0, 0.05) is 33.5 Å². The van der Waals surface area contributed by atoms with E-state index in [1.54, 1.807) is 0 Å². The van der Waals surface area contributed by atoms with Crippen molar-refractivity contribution in [2.75, 3.05) is 4.90 Å². The van der Waals surface area contributed by atoms with E-state index in [-0.39, 0.29) is 0 Å². The van der Waals surface area contributed by atoms with E-state index in [4.69, 9.17) is 0 Å². The summed E-state index contributed by atoms with van der Waals surface area (Å²) in [6.45, 7) is 0. The number of hydrogen-bond acceptors (Lipinski definition) is 1. The summed E-state index contributed by atoms with van der Waals surface area (Å²) in [6, 6.07) is 75.1. The van der Waals surface area contributed by atoms with Crippen molar-refractivity contribution >= 4 is 38.9 Å². The van der Waals surface area contributed by atoms with Gasteiger partial charge < -0.3 is 9.47 Å². The highest BCUT2D eigenvalue weighted by Crippen LogP contribution is 2.39. The van der Waals surface area contributed by atoms with Crippen molar-refractivity contribution in [3.05, 3.63) is 230 Å². The average Bonchev–Trinajstić information content (AvgIpc) is 3.64. The van der Waals surface area contributed by atoms with Crippen LogP contribution in [0.3, 0.4) is 0 Å². The number of rotatable bonds is 8. The SMILES string of the molecule is FC(F)(F)c1ccc(-c2ccc(N(c3ccc(-c4ccc(-n5c6ccccc6c6ccccc65)cc4)cc3)c3ccc(-c4cccc(-c5ccccc5)c4)cc3)cc2)cc1. The molecule has 0 N–H and O–H groups in total. The molecule has 0 spiro atoms. The maximum absolute atomic E-state index is 13.3. The van der Waals surface area contributed by atoms with E-state index < -0.39 is 11.7 Å². The highest BCUT2D eigenvalue weighted by molar-refractivity contribution is 6.09. The van der Waals surface area contributed by atoms with Gasteiger partial charge in [-0.3, -0.25) is 0 Å². The van der Waals surface area contributed by atoms with Gasteiger partial charge >= 0.3 is 6.18 Å². The van der Waals surface area contributed by atoms with Crippen LogP contribution in [0.2, 0.25) is 0 Å². The summed E-state index contributed by atoms with van der Waals surface area (Å²) < 4.78 is 42.1. The smallest absolute Gasteiger partial charge is 0.311 e. The fourth-order valence-electron chi connectivity index (χ4n) is 8.22. The minimum Gasteiger partial charge on any atom is -0.311 e. The number of para-hydroxylation sites is 2. The number of halogens is 3. The minimum absolute atomic E-state index is 0.660. The highest BCUT2D eigenvalue weighted by atomic mass is 19.4. The van der Waals surface area contributed by atoms with Gasteiger partial charge in [-0.25, -0.2) is 0 Å². The lowest BCUT2D eigenvalue weighted by molar-refractivity contribution is -0.137. The number of nitrogens with zero attached hydrogens (tertiary/aromatic N) is 2. The Morgan fingerprint density at radius 1 is 0.317 bits per heavy atom. The van der Waals surface area contributed by atoms with Gasteiger partial charge in [0.05, 0.1) is 16.6 Å². The topological polar surface area (TPSA) is 8.17 Å². The van der Waals surface area contributed by atoms with E-state index in [1.807, 2.05) is 30.3 Å². The van der Waals surface area contributed by atoms with Crippen LogP contribution in [0.15, 0.2) is 224 Å². The third kappa shape index (κ3) is 7.01. The Kier molecular flexibility index (Phi) is 9.34. The van der Waals surface area contributed by atoms with Crippen molar-refractivity contribution in [2.24, 2.45) is 0 Å². The van der Waals surface area contributed by atoms with Gasteiger partial charge in [-0.2, -0.15) is 13.2 Å². The second-order valence-electron chi connectivity index (χ2n) is 14.9. The molecule has 0 unspecified atom stereocenters. The Labute approximate surface area is 346 Å². The van der Waals surface area contributed by atoms with E-state index in [9.17, 15) is 13.2 Å². The molecule has 10 aromatic rings. The quantitative estimate of drug-likeness (QED) is 0.149. The van der Waals surface area contributed by atoms with E-state index in [2.05, 4.69) is 179 Å². The van der Waals surface area contributed by atoms with Crippen molar-refractivity contribution in [1.29, 1.82) is 0 Å². The Hall–Kier alpha value is -7.63. The predicted molar refractivity (Wildman–Crippen MR) is 242 cm³/mol. The first kappa shape index (κ1) is 36.7. The van der Waals surface area contributed by atoms with Gasteiger partial charge in [0.1, 0.15) is 0 Å². The van der Waals surface area contributed by atoms with Gasteiger partial charge in [-0.05, 0) is 123 Å². The normalized spacial score (nSPS) is 11.6. The van der Waals surface area contributed by atoms with Gasteiger partial charge in [0.15, 0.2) is 0 Å². The molecule has 0 saturated carbocycles. The second-order valence-corrected chi connectivity index (χ2v) is 14.9. The summed E-state index contributed by atoms with van der Waals surface area (Å²) in [6.07, 6.45) is -4.38. The molecular formula is C55H37F3N2. The Morgan fingerprint density at radius 2 is 0.667 bits per heavy atom. The first-order chi connectivity index (χ1) is 29.4. The molecule has 9 aromatic carbocycles. The zero-order valence-corrected chi connectivity index (χ0v) is 32.4. The molecule has 0 atom stereocenters. The fourth-order valence-corrected chi connectivity index (χ4v) is 8.22.